The van der Waals surface area contributed by atoms with Gasteiger partial charge in [0.25, 0.3) is 0 Å². The second-order valence-corrected chi connectivity index (χ2v) is 11.8. The van der Waals surface area contributed by atoms with E-state index in [4.69, 9.17) is 21.3 Å². The Hall–Kier alpha value is -3.20. The van der Waals surface area contributed by atoms with Gasteiger partial charge in [-0.2, -0.15) is 9.97 Å². The molecular weight excluding hydrogens is 576 g/mol. The Labute approximate surface area is 242 Å². The molecule has 1 aliphatic heterocycles. The van der Waals surface area contributed by atoms with Gasteiger partial charge in [-0.15, -0.1) is 0 Å². The number of unbranched alkanes of at least 4 members (excludes halogenated alkanes) is 2. The highest BCUT2D eigenvalue weighted by Crippen LogP contribution is 2.32. The summed E-state index contributed by atoms with van der Waals surface area (Å²) < 4.78 is 31.8. The highest BCUT2D eigenvalue weighted by atomic mass is 32.2. The number of carboxylic acids is 1. The lowest BCUT2D eigenvalue weighted by atomic mass is 10.1. The van der Waals surface area contributed by atoms with Crippen LogP contribution in [0, 0.1) is 0 Å². The third kappa shape index (κ3) is 9.68. The fourth-order valence-corrected chi connectivity index (χ4v) is 4.78. The molecule has 0 aliphatic carbocycles. The highest BCUT2D eigenvalue weighted by molar-refractivity contribution is 7.88. The minimum Gasteiger partial charge on any atom is -0.480 e. The molecule has 1 saturated heterocycles. The maximum Gasteiger partial charge on any atom is 0.320 e. The van der Waals surface area contributed by atoms with Gasteiger partial charge >= 0.3 is 5.97 Å². The summed E-state index contributed by atoms with van der Waals surface area (Å²) in [5.74, 6) is -1.00. The normalized spacial score (nSPS) is 21.4. The number of sulfonamides is 1. The first-order valence-corrected chi connectivity index (χ1v) is 15.4. The quantitative estimate of drug-likeness (QED) is 0.0757. The molecule has 11 N–H and O–H groups in total. The number of carboxylic acid groups (broad SMARTS) is 1. The number of fused-ring (bicyclic) bond motifs is 1. The van der Waals surface area contributed by atoms with Crippen molar-refractivity contribution in [3.8, 4) is 0 Å². The van der Waals surface area contributed by atoms with Crippen LogP contribution in [-0.2, 0) is 24.3 Å². The Bertz CT molecular complexity index is 1310. The Kier molecular flexibility index (Phi) is 12.2. The lowest BCUT2D eigenvalue weighted by molar-refractivity contribution is -0.138. The van der Waals surface area contributed by atoms with Crippen LogP contribution >= 0.6 is 0 Å². The van der Waals surface area contributed by atoms with Crippen LogP contribution in [0.4, 0.5) is 11.8 Å². The molecule has 2 aromatic heterocycles. The van der Waals surface area contributed by atoms with Crippen molar-refractivity contribution in [2.45, 2.75) is 62.7 Å². The van der Waals surface area contributed by atoms with Crippen LogP contribution in [0.3, 0.4) is 0 Å². The van der Waals surface area contributed by atoms with Crippen molar-refractivity contribution in [3.63, 3.8) is 0 Å². The molecule has 1 aliphatic rings. The van der Waals surface area contributed by atoms with Gasteiger partial charge in [0.1, 0.15) is 29.9 Å². The lowest BCUT2D eigenvalue weighted by Gasteiger charge is -2.17. The Morgan fingerprint density at radius 2 is 1.88 bits per heavy atom. The molecule has 3 heterocycles. The summed E-state index contributed by atoms with van der Waals surface area (Å²) in [7, 11) is -3.21. The van der Waals surface area contributed by atoms with Gasteiger partial charge in [0, 0.05) is 32.6 Å². The van der Waals surface area contributed by atoms with E-state index in [0.717, 1.165) is 6.26 Å². The summed E-state index contributed by atoms with van der Waals surface area (Å²) in [5, 5.41) is 38.8. The maximum absolute atomic E-state index is 12.1. The first-order chi connectivity index (χ1) is 19.9. The van der Waals surface area contributed by atoms with Crippen molar-refractivity contribution in [2.75, 3.05) is 50.0 Å². The predicted octanol–water partition coefficient (Wildman–Crippen LogP) is -2.94. The molecule has 42 heavy (non-hydrogen) atoms. The molecule has 18 nitrogen and oxygen atoms in total. The third-order valence-electron chi connectivity index (χ3n) is 6.53. The number of nitrogens with one attached hydrogen (secondary N) is 4. The largest absolute Gasteiger partial charge is 0.480 e. The number of aliphatic carboxylic acids is 1. The molecule has 19 heteroatoms. The van der Waals surface area contributed by atoms with Crippen LogP contribution in [0.5, 0.6) is 0 Å². The van der Waals surface area contributed by atoms with Gasteiger partial charge in [-0.05, 0) is 25.8 Å². The number of anilines is 2. The van der Waals surface area contributed by atoms with E-state index in [1.807, 2.05) is 0 Å². The van der Waals surface area contributed by atoms with Crippen molar-refractivity contribution in [2.24, 2.45) is 5.73 Å². The number of aromatic nitrogens is 4. The first kappa shape index (κ1) is 33.3. The number of aliphatic hydroxyl groups excluding tert-OH is 2. The van der Waals surface area contributed by atoms with Gasteiger partial charge < -0.3 is 47.5 Å². The number of hydrogen-bond donors (Lipinski definition) is 9. The standard InChI is InChI=1S/C23H40N10O8S/c1-42(39,40)30-7-4-2-3-5-15(34)27-9-10-28-23-31-19(25)16-20(32-23)33(12-29-16)21-18(36)17(35)14(41-21)11-26-8-6-13(24)22(37)38/h12-14,17-18,21,26,30,35-36H,2-11,24H2,1H3,(H,27,34)(H,37,38)(H3,25,28,31,32). The molecule has 3 rings (SSSR count). The Morgan fingerprint density at radius 1 is 1.12 bits per heavy atom. The number of ether oxygens (including phenoxy) is 1. The average Bonchev–Trinajstić information content (AvgIpc) is 3.46. The first-order valence-electron chi connectivity index (χ1n) is 13.5. The number of nitrogen functional groups attached to an aromatic ring is 1. The van der Waals surface area contributed by atoms with Gasteiger partial charge in [0.15, 0.2) is 17.7 Å². The summed E-state index contributed by atoms with van der Waals surface area (Å²) in [6, 6.07) is -1.01. The number of rotatable bonds is 18. The van der Waals surface area contributed by atoms with Gasteiger partial charge in [-0.25, -0.2) is 18.1 Å². The summed E-state index contributed by atoms with van der Waals surface area (Å²) in [4.78, 5) is 35.7. The number of hydrogen-bond acceptors (Lipinski definition) is 14. The van der Waals surface area contributed by atoms with E-state index < -0.39 is 46.6 Å². The number of nitrogens with zero attached hydrogens (tertiary/aromatic N) is 4. The second kappa shape index (κ2) is 15.3. The van der Waals surface area contributed by atoms with Gasteiger partial charge in [-0.3, -0.25) is 14.2 Å². The summed E-state index contributed by atoms with van der Waals surface area (Å²) in [6.07, 6.45) is 0.579. The van der Waals surface area contributed by atoms with Crippen molar-refractivity contribution < 1.29 is 38.1 Å². The van der Waals surface area contributed by atoms with Crippen molar-refractivity contribution >= 4 is 44.8 Å². The SMILES string of the molecule is CS(=O)(=O)NCCCCCC(=O)NCCNc1nc(N)c2ncn(C3OC(CNCCC(N)C(=O)O)C(O)C3O)c2n1. The van der Waals surface area contributed by atoms with E-state index in [1.54, 1.807) is 0 Å². The molecule has 236 valence electrons. The maximum atomic E-state index is 12.1. The van der Waals surface area contributed by atoms with Crippen LogP contribution in [0.1, 0.15) is 38.3 Å². The molecule has 0 radical (unpaired) electrons. The molecule has 5 atom stereocenters. The van der Waals surface area contributed by atoms with Crippen molar-refractivity contribution in [1.82, 2.24) is 34.9 Å². The molecule has 0 spiro atoms. The van der Waals surface area contributed by atoms with Crippen LogP contribution in [-0.4, -0.2) is 118 Å². The number of imidazole rings is 1. The van der Waals surface area contributed by atoms with Crippen LogP contribution < -0.4 is 32.1 Å². The van der Waals surface area contributed by atoms with E-state index in [2.05, 4.69) is 35.6 Å². The predicted molar refractivity (Wildman–Crippen MR) is 152 cm³/mol. The summed E-state index contributed by atoms with van der Waals surface area (Å²) in [5.41, 5.74) is 12.1. The summed E-state index contributed by atoms with van der Waals surface area (Å²) in [6.45, 7) is 1.34. The molecule has 0 aromatic carbocycles. The van der Waals surface area contributed by atoms with Crippen LogP contribution in [0.25, 0.3) is 11.2 Å². The number of nitrogens with two attached hydrogens (primary N) is 2. The number of amides is 1. The van der Waals surface area contributed by atoms with Crippen molar-refractivity contribution in [1.29, 1.82) is 0 Å². The minimum absolute atomic E-state index is 0.0802. The molecule has 2 aromatic rings. The minimum atomic E-state index is -3.21. The van der Waals surface area contributed by atoms with E-state index in [9.17, 15) is 28.2 Å². The molecule has 0 saturated carbocycles. The summed E-state index contributed by atoms with van der Waals surface area (Å²) >= 11 is 0. The average molecular weight is 617 g/mol. The third-order valence-corrected chi connectivity index (χ3v) is 7.26. The molecule has 5 unspecified atom stereocenters. The van der Waals surface area contributed by atoms with Crippen LogP contribution in [0.2, 0.25) is 0 Å². The highest BCUT2D eigenvalue weighted by Gasteiger charge is 2.44. The fourth-order valence-electron chi connectivity index (χ4n) is 4.27. The fraction of sp³-hybridized carbons (Fsp3) is 0.696. The lowest BCUT2D eigenvalue weighted by Crippen LogP contribution is -2.40. The van der Waals surface area contributed by atoms with E-state index in [1.165, 1.54) is 10.9 Å². The number of aliphatic hydroxyl groups is 2. The second-order valence-electron chi connectivity index (χ2n) is 9.99. The zero-order valence-corrected chi connectivity index (χ0v) is 24.1. The molecule has 0 bridgehead atoms. The molecule has 1 fully saturated rings. The zero-order valence-electron chi connectivity index (χ0n) is 23.3. The van der Waals surface area contributed by atoms with Crippen LogP contribution in [0.15, 0.2) is 6.33 Å². The molecular formula is C23H40N10O8S. The smallest absolute Gasteiger partial charge is 0.320 e. The topological polar surface area (TPSA) is 282 Å². The van der Waals surface area contributed by atoms with Gasteiger partial charge in [0.2, 0.25) is 21.9 Å². The van der Waals surface area contributed by atoms with Gasteiger partial charge in [0.05, 0.1) is 12.6 Å². The number of carbonyl (C=O) groups excluding carboxylic acids is 1. The Morgan fingerprint density at radius 3 is 2.60 bits per heavy atom. The van der Waals surface area contributed by atoms with Gasteiger partial charge in [-0.1, -0.05) is 6.42 Å². The Balaban J connectivity index is 1.48. The zero-order chi connectivity index (χ0) is 30.9. The van der Waals surface area contributed by atoms with E-state index >= 15 is 0 Å². The molecule has 1 amide bonds. The van der Waals surface area contributed by atoms with E-state index in [0.29, 0.717) is 38.8 Å². The monoisotopic (exact) mass is 616 g/mol. The number of carbonyl (C=O) groups is 2. The van der Waals surface area contributed by atoms with Crippen molar-refractivity contribution in [3.05, 3.63) is 6.33 Å². The van der Waals surface area contributed by atoms with E-state index in [-0.39, 0.29) is 54.9 Å².